The molecule has 0 aromatic heterocycles. The van der Waals surface area contributed by atoms with Crippen LogP contribution in [-0.2, 0) is 11.2 Å². The summed E-state index contributed by atoms with van der Waals surface area (Å²) >= 11 is 11.9. The largest absolute Gasteiger partial charge is 0.354 e. The molecule has 106 valence electrons. The van der Waals surface area contributed by atoms with E-state index in [4.69, 9.17) is 28.9 Å². The van der Waals surface area contributed by atoms with Gasteiger partial charge in [0.05, 0.1) is 5.54 Å². The van der Waals surface area contributed by atoms with Crippen molar-refractivity contribution in [2.24, 2.45) is 5.73 Å². The zero-order chi connectivity index (χ0) is 13.2. The van der Waals surface area contributed by atoms with Gasteiger partial charge in [-0.2, -0.15) is 0 Å². The van der Waals surface area contributed by atoms with Crippen molar-refractivity contribution in [1.82, 2.24) is 5.32 Å². The van der Waals surface area contributed by atoms with Crippen LogP contribution in [0.5, 0.6) is 0 Å². The first-order valence-corrected chi connectivity index (χ1v) is 6.78. The summed E-state index contributed by atoms with van der Waals surface area (Å²) in [6.07, 6.45) is 3.24. The molecule has 2 rings (SSSR count). The van der Waals surface area contributed by atoms with Gasteiger partial charge in [-0.25, -0.2) is 0 Å². The summed E-state index contributed by atoms with van der Waals surface area (Å²) in [7, 11) is 0. The molecule has 3 nitrogen and oxygen atoms in total. The predicted octanol–water partition coefficient (Wildman–Crippen LogP) is 2.96. The van der Waals surface area contributed by atoms with Crippen LogP contribution in [0, 0.1) is 0 Å². The maximum Gasteiger partial charge on any atom is 0.240 e. The Kier molecular flexibility index (Phi) is 5.93. The molecule has 0 radical (unpaired) electrons. The van der Waals surface area contributed by atoms with E-state index in [-0.39, 0.29) is 18.3 Å². The third-order valence-electron chi connectivity index (χ3n) is 3.16. The molecule has 6 heteroatoms. The van der Waals surface area contributed by atoms with Crippen LogP contribution >= 0.6 is 35.6 Å². The molecule has 0 bridgehead atoms. The van der Waals surface area contributed by atoms with E-state index in [1.165, 1.54) is 0 Å². The maximum absolute atomic E-state index is 11.6. The number of nitrogens with one attached hydrogen (secondary N) is 1. The number of carbonyl (C=O) groups is 1. The lowest BCUT2D eigenvalue weighted by molar-refractivity contribution is -0.123. The van der Waals surface area contributed by atoms with Gasteiger partial charge in [-0.05, 0) is 43.4 Å². The molecule has 1 amide bonds. The van der Waals surface area contributed by atoms with Crippen LogP contribution in [0.1, 0.15) is 24.8 Å². The van der Waals surface area contributed by atoms with Crippen LogP contribution in [0.15, 0.2) is 18.2 Å². The Hall–Kier alpha value is -0.480. The van der Waals surface area contributed by atoms with Crippen molar-refractivity contribution in [3.63, 3.8) is 0 Å². The van der Waals surface area contributed by atoms with E-state index in [0.717, 1.165) is 31.2 Å². The van der Waals surface area contributed by atoms with Crippen molar-refractivity contribution < 1.29 is 4.79 Å². The van der Waals surface area contributed by atoms with Gasteiger partial charge >= 0.3 is 0 Å². The number of hydrogen-bond acceptors (Lipinski definition) is 2. The van der Waals surface area contributed by atoms with E-state index in [9.17, 15) is 4.79 Å². The van der Waals surface area contributed by atoms with Gasteiger partial charge in [0.25, 0.3) is 0 Å². The van der Waals surface area contributed by atoms with Gasteiger partial charge in [0.15, 0.2) is 0 Å². The van der Waals surface area contributed by atoms with Crippen molar-refractivity contribution in [2.45, 2.75) is 31.2 Å². The van der Waals surface area contributed by atoms with E-state index < -0.39 is 5.54 Å². The number of halogens is 3. The van der Waals surface area contributed by atoms with Crippen LogP contribution in [0.3, 0.4) is 0 Å². The van der Waals surface area contributed by atoms with Crippen LogP contribution in [0.25, 0.3) is 0 Å². The molecular weight excluding hydrogens is 307 g/mol. The van der Waals surface area contributed by atoms with Crippen LogP contribution in [-0.4, -0.2) is 18.0 Å². The van der Waals surface area contributed by atoms with E-state index in [1.54, 1.807) is 6.07 Å². The van der Waals surface area contributed by atoms with E-state index in [2.05, 4.69) is 5.32 Å². The molecule has 0 atom stereocenters. The molecule has 0 aliphatic heterocycles. The monoisotopic (exact) mass is 322 g/mol. The summed E-state index contributed by atoms with van der Waals surface area (Å²) in [6, 6.07) is 5.47. The summed E-state index contributed by atoms with van der Waals surface area (Å²) in [5, 5.41) is 4.16. The Morgan fingerprint density at radius 1 is 1.37 bits per heavy atom. The molecule has 19 heavy (non-hydrogen) atoms. The van der Waals surface area contributed by atoms with Crippen molar-refractivity contribution in [3.8, 4) is 0 Å². The first-order chi connectivity index (χ1) is 8.51. The number of amides is 1. The lowest BCUT2D eigenvalue weighted by Crippen LogP contribution is -2.43. The fraction of sp³-hybridized carbons (Fsp3) is 0.462. The molecule has 3 N–H and O–H groups in total. The fourth-order valence-electron chi connectivity index (χ4n) is 1.74. The highest BCUT2D eigenvalue weighted by molar-refractivity contribution is 6.35. The number of hydrogen-bond donors (Lipinski definition) is 2. The normalized spacial score (nSPS) is 15.5. The molecule has 0 saturated heterocycles. The highest BCUT2D eigenvalue weighted by Crippen LogP contribution is 2.32. The third kappa shape index (κ3) is 4.53. The lowest BCUT2D eigenvalue weighted by atomic mass is 10.1. The molecule has 1 saturated carbocycles. The van der Waals surface area contributed by atoms with Crippen molar-refractivity contribution >= 4 is 41.5 Å². The second-order valence-electron chi connectivity index (χ2n) is 4.75. The third-order valence-corrected chi connectivity index (χ3v) is 3.75. The number of aryl methyl sites for hydroxylation is 1. The number of rotatable bonds is 5. The zero-order valence-corrected chi connectivity index (χ0v) is 12.7. The van der Waals surface area contributed by atoms with Gasteiger partial charge in [-0.3, -0.25) is 4.79 Å². The Labute approximate surface area is 129 Å². The molecule has 0 heterocycles. The predicted molar refractivity (Wildman–Crippen MR) is 81.2 cm³/mol. The molecule has 1 aromatic rings. The van der Waals surface area contributed by atoms with Crippen LogP contribution in [0.2, 0.25) is 10.0 Å². The standard InChI is InChI=1S/C13H16Cl2N2O.ClH/c14-10-4-3-9(11(15)8-10)2-1-7-17-12(18)13(16)5-6-13;/h3-4,8H,1-2,5-7,16H2,(H,17,18);1H. The van der Waals surface area contributed by atoms with Gasteiger partial charge in [-0.15, -0.1) is 12.4 Å². The topological polar surface area (TPSA) is 55.1 Å². The molecule has 1 aliphatic rings. The van der Waals surface area contributed by atoms with Crippen molar-refractivity contribution in [2.75, 3.05) is 6.54 Å². The Bertz CT molecular complexity index is 461. The SMILES string of the molecule is Cl.NC1(C(=O)NCCCc2ccc(Cl)cc2Cl)CC1. The minimum absolute atomic E-state index is 0. The Morgan fingerprint density at radius 2 is 2.05 bits per heavy atom. The molecule has 0 unspecified atom stereocenters. The first-order valence-electron chi connectivity index (χ1n) is 6.02. The lowest BCUT2D eigenvalue weighted by Gasteiger charge is -2.10. The van der Waals surface area contributed by atoms with Crippen LogP contribution < -0.4 is 11.1 Å². The Morgan fingerprint density at radius 3 is 2.63 bits per heavy atom. The minimum Gasteiger partial charge on any atom is -0.354 e. The minimum atomic E-state index is -0.585. The zero-order valence-electron chi connectivity index (χ0n) is 10.4. The van der Waals surface area contributed by atoms with Gasteiger partial charge in [-0.1, -0.05) is 29.3 Å². The second-order valence-corrected chi connectivity index (χ2v) is 5.59. The van der Waals surface area contributed by atoms with Crippen LogP contribution in [0.4, 0.5) is 0 Å². The fourth-order valence-corrected chi connectivity index (χ4v) is 2.25. The van der Waals surface area contributed by atoms with E-state index >= 15 is 0 Å². The van der Waals surface area contributed by atoms with Gasteiger partial charge < -0.3 is 11.1 Å². The van der Waals surface area contributed by atoms with E-state index in [0.29, 0.717) is 16.6 Å². The molecule has 1 aliphatic carbocycles. The quantitative estimate of drug-likeness (QED) is 0.819. The van der Waals surface area contributed by atoms with Crippen molar-refractivity contribution in [3.05, 3.63) is 33.8 Å². The molecule has 0 spiro atoms. The summed E-state index contributed by atoms with van der Waals surface area (Å²) in [6.45, 7) is 0.622. The van der Waals surface area contributed by atoms with Gasteiger partial charge in [0.2, 0.25) is 5.91 Å². The van der Waals surface area contributed by atoms with Gasteiger partial charge in [0.1, 0.15) is 0 Å². The highest BCUT2D eigenvalue weighted by Gasteiger charge is 2.45. The number of carbonyl (C=O) groups excluding carboxylic acids is 1. The Balaban J connectivity index is 0.00000180. The summed E-state index contributed by atoms with van der Waals surface area (Å²) in [5.41, 5.74) is 6.24. The number of nitrogens with two attached hydrogens (primary N) is 1. The second kappa shape index (κ2) is 6.80. The van der Waals surface area contributed by atoms with Crippen molar-refractivity contribution in [1.29, 1.82) is 0 Å². The number of benzene rings is 1. The van der Waals surface area contributed by atoms with Gasteiger partial charge in [0, 0.05) is 16.6 Å². The maximum atomic E-state index is 11.6. The highest BCUT2D eigenvalue weighted by atomic mass is 35.5. The first kappa shape index (κ1) is 16.6. The summed E-state index contributed by atoms with van der Waals surface area (Å²) < 4.78 is 0. The molecule has 1 fully saturated rings. The average Bonchev–Trinajstić information content (AvgIpc) is 3.06. The molecular formula is C13H17Cl3N2O. The molecule has 1 aromatic carbocycles. The summed E-state index contributed by atoms with van der Waals surface area (Å²) in [5.74, 6) is -0.0373. The average molecular weight is 324 g/mol. The van der Waals surface area contributed by atoms with E-state index in [1.807, 2.05) is 12.1 Å². The smallest absolute Gasteiger partial charge is 0.240 e. The summed E-state index contributed by atoms with van der Waals surface area (Å²) in [4.78, 5) is 11.6.